The topological polar surface area (TPSA) is 49.5 Å². The number of hydrogen-bond acceptors (Lipinski definition) is 4. The van der Waals surface area contributed by atoms with E-state index in [9.17, 15) is 18.3 Å². The lowest BCUT2D eigenvalue weighted by Gasteiger charge is -2.11. The molecule has 0 unspecified atom stereocenters. The number of hydrogen-bond donors (Lipinski definition) is 1. The average molecular weight is 286 g/mol. The van der Waals surface area contributed by atoms with Crippen LogP contribution in [0, 0.1) is 0 Å². The molecule has 0 radical (unpaired) electrons. The van der Waals surface area contributed by atoms with Crippen molar-refractivity contribution in [3.8, 4) is 0 Å². The van der Waals surface area contributed by atoms with Gasteiger partial charge in [-0.05, 0) is 24.6 Å². The minimum atomic E-state index is -4.38. The van der Waals surface area contributed by atoms with Gasteiger partial charge in [-0.15, -0.1) is 0 Å². The van der Waals surface area contributed by atoms with Gasteiger partial charge in [0.1, 0.15) is 5.52 Å². The van der Waals surface area contributed by atoms with E-state index in [1.807, 2.05) is 4.90 Å². The Kier molecular flexibility index (Phi) is 3.18. The van der Waals surface area contributed by atoms with Crippen LogP contribution in [0.4, 0.5) is 13.2 Å². The SMILES string of the molecule is O[C@H]1CCN(Cc2nc3cc(C(F)(F)F)ccc3o2)C1. The maximum Gasteiger partial charge on any atom is 0.416 e. The monoisotopic (exact) mass is 286 g/mol. The van der Waals surface area contributed by atoms with E-state index >= 15 is 0 Å². The Morgan fingerprint density at radius 1 is 1.40 bits per heavy atom. The predicted octanol–water partition coefficient (Wildman–Crippen LogP) is 2.41. The molecule has 1 aliphatic rings. The molecular weight excluding hydrogens is 273 g/mol. The van der Waals surface area contributed by atoms with Crippen molar-refractivity contribution in [1.29, 1.82) is 0 Å². The van der Waals surface area contributed by atoms with E-state index < -0.39 is 11.7 Å². The number of benzene rings is 1. The molecule has 1 aromatic carbocycles. The zero-order chi connectivity index (χ0) is 14.3. The van der Waals surface area contributed by atoms with Crippen LogP contribution in [0.5, 0.6) is 0 Å². The number of aliphatic hydroxyl groups is 1. The Balaban J connectivity index is 1.83. The number of fused-ring (bicyclic) bond motifs is 1. The Morgan fingerprint density at radius 3 is 2.85 bits per heavy atom. The van der Waals surface area contributed by atoms with Crippen LogP contribution in [0.25, 0.3) is 11.1 Å². The predicted molar refractivity (Wildman–Crippen MR) is 64.9 cm³/mol. The lowest BCUT2D eigenvalue weighted by molar-refractivity contribution is -0.137. The van der Waals surface area contributed by atoms with Crippen molar-refractivity contribution in [3.63, 3.8) is 0 Å². The molecule has 0 saturated carbocycles. The molecule has 7 heteroatoms. The van der Waals surface area contributed by atoms with Gasteiger partial charge >= 0.3 is 6.18 Å². The minimum Gasteiger partial charge on any atom is -0.439 e. The quantitative estimate of drug-likeness (QED) is 0.921. The van der Waals surface area contributed by atoms with E-state index in [2.05, 4.69) is 4.98 Å². The molecule has 0 aliphatic carbocycles. The Labute approximate surface area is 112 Å². The summed E-state index contributed by atoms with van der Waals surface area (Å²) in [5.74, 6) is 0.369. The lowest BCUT2D eigenvalue weighted by atomic mass is 10.2. The highest BCUT2D eigenvalue weighted by Crippen LogP contribution is 2.31. The van der Waals surface area contributed by atoms with Crippen molar-refractivity contribution < 1.29 is 22.7 Å². The number of likely N-dealkylation sites (tertiary alicyclic amines) is 1. The number of β-amino-alcohol motifs (C(OH)–C–C–N with tert-alkyl or cyclic N) is 1. The highest BCUT2D eigenvalue weighted by atomic mass is 19.4. The first-order valence-electron chi connectivity index (χ1n) is 6.29. The molecule has 3 rings (SSSR count). The number of halogens is 3. The van der Waals surface area contributed by atoms with Gasteiger partial charge < -0.3 is 9.52 Å². The second kappa shape index (κ2) is 4.75. The summed E-state index contributed by atoms with van der Waals surface area (Å²) in [6, 6.07) is 3.26. The fraction of sp³-hybridized carbons (Fsp3) is 0.462. The molecule has 0 amide bonds. The Morgan fingerprint density at radius 2 is 2.20 bits per heavy atom. The van der Waals surface area contributed by atoms with Crippen LogP contribution in [-0.4, -0.2) is 34.2 Å². The normalized spacial score (nSPS) is 20.9. The molecule has 1 fully saturated rings. The van der Waals surface area contributed by atoms with E-state index in [4.69, 9.17) is 4.42 Å². The highest BCUT2D eigenvalue weighted by Gasteiger charge is 2.31. The Hall–Kier alpha value is -1.60. The third-order valence-corrected chi connectivity index (χ3v) is 3.37. The Bertz CT molecular complexity index is 624. The maximum atomic E-state index is 12.6. The van der Waals surface area contributed by atoms with E-state index in [0.29, 0.717) is 31.0 Å². The van der Waals surface area contributed by atoms with E-state index in [1.54, 1.807) is 0 Å². The van der Waals surface area contributed by atoms with Crippen LogP contribution in [-0.2, 0) is 12.7 Å². The van der Waals surface area contributed by atoms with Gasteiger partial charge in [0.05, 0.1) is 18.2 Å². The van der Waals surface area contributed by atoms with Gasteiger partial charge in [0.25, 0.3) is 0 Å². The largest absolute Gasteiger partial charge is 0.439 e. The van der Waals surface area contributed by atoms with Crippen molar-refractivity contribution in [2.75, 3.05) is 13.1 Å². The number of alkyl halides is 3. The second-order valence-electron chi connectivity index (χ2n) is 4.97. The van der Waals surface area contributed by atoms with E-state index in [0.717, 1.165) is 18.7 Å². The van der Waals surface area contributed by atoms with Gasteiger partial charge in [0, 0.05) is 13.1 Å². The first-order valence-corrected chi connectivity index (χ1v) is 6.29. The summed E-state index contributed by atoms with van der Waals surface area (Å²) < 4.78 is 43.2. The molecular formula is C13H13F3N2O2. The van der Waals surface area contributed by atoms with Crippen LogP contribution >= 0.6 is 0 Å². The van der Waals surface area contributed by atoms with Gasteiger partial charge in [0.15, 0.2) is 5.58 Å². The van der Waals surface area contributed by atoms with Gasteiger partial charge in [-0.25, -0.2) is 4.98 Å². The molecule has 1 aliphatic heterocycles. The van der Waals surface area contributed by atoms with Crippen molar-refractivity contribution in [2.45, 2.75) is 25.2 Å². The molecule has 0 spiro atoms. The van der Waals surface area contributed by atoms with Crippen LogP contribution in [0.15, 0.2) is 22.6 Å². The summed E-state index contributed by atoms with van der Waals surface area (Å²) in [6.07, 6.45) is -4.04. The van der Waals surface area contributed by atoms with Crippen molar-refractivity contribution in [3.05, 3.63) is 29.7 Å². The zero-order valence-electron chi connectivity index (χ0n) is 10.5. The van der Waals surface area contributed by atoms with Crippen molar-refractivity contribution in [1.82, 2.24) is 9.88 Å². The minimum absolute atomic E-state index is 0.203. The summed E-state index contributed by atoms with van der Waals surface area (Å²) in [5.41, 5.74) is -0.191. The van der Waals surface area contributed by atoms with Gasteiger partial charge in [0.2, 0.25) is 5.89 Å². The zero-order valence-corrected chi connectivity index (χ0v) is 10.5. The van der Waals surface area contributed by atoms with E-state index in [-0.39, 0.29) is 11.6 Å². The number of rotatable bonds is 2. The molecule has 2 heterocycles. The maximum absolute atomic E-state index is 12.6. The van der Waals surface area contributed by atoms with Crippen LogP contribution in [0.2, 0.25) is 0 Å². The number of aliphatic hydroxyl groups excluding tert-OH is 1. The molecule has 4 nitrogen and oxygen atoms in total. The van der Waals surface area contributed by atoms with Gasteiger partial charge in [-0.2, -0.15) is 13.2 Å². The molecule has 1 atom stereocenters. The van der Waals surface area contributed by atoms with Crippen LogP contribution in [0.1, 0.15) is 17.9 Å². The average Bonchev–Trinajstić information content (AvgIpc) is 2.93. The molecule has 1 saturated heterocycles. The summed E-state index contributed by atoms with van der Waals surface area (Å²) in [5, 5.41) is 9.43. The summed E-state index contributed by atoms with van der Waals surface area (Å²) in [6.45, 7) is 1.66. The van der Waals surface area contributed by atoms with Gasteiger partial charge in [-0.3, -0.25) is 4.90 Å². The molecule has 108 valence electrons. The first kappa shape index (κ1) is 13.4. The smallest absolute Gasteiger partial charge is 0.416 e. The molecule has 0 bridgehead atoms. The summed E-state index contributed by atoms with van der Waals surface area (Å²) >= 11 is 0. The summed E-state index contributed by atoms with van der Waals surface area (Å²) in [7, 11) is 0. The second-order valence-corrected chi connectivity index (χ2v) is 4.97. The van der Waals surface area contributed by atoms with Crippen LogP contribution < -0.4 is 0 Å². The third kappa shape index (κ3) is 2.64. The third-order valence-electron chi connectivity index (χ3n) is 3.37. The van der Waals surface area contributed by atoms with Crippen molar-refractivity contribution in [2.24, 2.45) is 0 Å². The first-order chi connectivity index (χ1) is 9.41. The number of aromatic nitrogens is 1. The molecule has 1 N–H and O–H groups in total. The van der Waals surface area contributed by atoms with Crippen molar-refractivity contribution >= 4 is 11.1 Å². The standard InChI is InChI=1S/C13H13F3N2O2/c14-13(15,16)8-1-2-11-10(5-8)17-12(20-11)7-18-4-3-9(19)6-18/h1-2,5,9,19H,3-4,6-7H2/t9-/m0/s1. The van der Waals surface area contributed by atoms with Gasteiger partial charge in [-0.1, -0.05) is 0 Å². The van der Waals surface area contributed by atoms with Crippen LogP contribution in [0.3, 0.4) is 0 Å². The molecule has 2 aromatic rings. The highest BCUT2D eigenvalue weighted by molar-refractivity contribution is 5.73. The molecule has 1 aromatic heterocycles. The number of oxazole rings is 1. The van der Waals surface area contributed by atoms with E-state index in [1.165, 1.54) is 6.07 Å². The number of nitrogens with zero attached hydrogens (tertiary/aromatic N) is 2. The lowest BCUT2D eigenvalue weighted by Crippen LogP contribution is -2.21. The fourth-order valence-electron chi connectivity index (χ4n) is 2.37. The fourth-order valence-corrected chi connectivity index (χ4v) is 2.37. The molecule has 20 heavy (non-hydrogen) atoms. The summed E-state index contributed by atoms with van der Waals surface area (Å²) in [4.78, 5) is 6.04.